The van der Waals surface area contributed by atoms with Crippen molar-refractivity contribution >= 4 is 15.9 Å². The maximum atomic E-state index is 12.6. The molecule has 1 unspecified atom stereocenters. The number of benzene rings is 1. The van der Waals surface area contributed by atoms with Gasteiger partial charge in [-0.15, -0.1) is 0 Å². The number of ether oxygens (including phenoxy) is 1. The molecule has 0 amide bonds. The predicted octanol–water partition coefficient (Wildman–Crippen LogP) is 4.31. The molecule has 0 heterocycles. The summed E-state index contributed by atoms with van der Waals surface area (Å²) in [5, 5.41) is 0. The van der Waals surface area contributed by atoms with Crippen LogP contribution < -0.4 is 4.74 Å². The Morgan fingerprint density at radius 3 is 2.80 bits per heavy atom. The molecule has 0 aliphatic rings. The van der Waals surface area contributed by atoms with Crippen molar-refractivity contribution in [2.75, 3.05) is 13.3 Å². The summed E-state index contributed by atoms with van der Waals surface area (Å²) in [7, 11) is 0. The zero-order valence-corrected chi connectivity index (χ0v) is 10.7. The lowest BCUT2D eigenvalue weighted by atomic mass is 10.0. The normalized spacial score (nSPS) is 12.5. The first kappa shape index (κ1) is 12.5. The van der Waals surface area contributed by atoms with Crippen LogP contribution in [0.15, 0.2) is 22.7 Å². The highest BCUT2D eigenvalue weighted by Gasteiger charge is 2.12. The van der Waals surface area contributed by atoms with E-state index in [4.69, 9.17) is 4.74 Å². The second-order valence-corrected chi connectivity index (χ2v) is 4.36. The minimum absolute atomic E-state index is 0.0930. The number of hydrogen-bond acceptors (Lipinski definition) is 1. The Morgan fingerprint density at radius 1 is 1.47 bits per heavy atom. The summed E-state index contributed by atoms with van der Waals surface area (Å²) >= 11 is 3.46. The van der Waals surface area contributed by atoms with E-state index in [2.05, 4.69) is 22.9 Å². The number of halogens is 2. The number of alkyl halides is 1. The molecule has 1 aromatic rings. The Kier molecular flexibility index (Phi) is 5.09. The molecule has 0 N–H and O–H groups in total. The summed E-state index contributed by atoms with van der Waals surface area (Å²) in [6.45, 7) is 4.26. The Balaban J connectivity index is 2.90. The largest absolute Gasteiger partial charge is 0.492 e. The lowest BCUT2D eigenvalue weighted by Gasteiger charge is -2.13. The highest BCUT2D eigenvalue weighted by molar-refractivity contribution is 9.10. The Morgan fingerprint density at radius 2 is 2.20 bits per heavy atom. The Hall–Kier alpha value is -0.570. The van der Waals surface area contributed by atoms with Crippen LogP contribution in [0.4, 0.5) is 4.39 Å². The molecule has 84 valence electrons. The molecular weight excluding hydrogens is 259 g/mol. The van der Waals surface area contributed by atoms with Crippen LogP contribution in [0.2, 0.25) is 0 Å². The van der Waals surface area contributed by atoms with Gasteiger partial charge in [0.15, 0.2) is 0 Å². The van der Waals surface area contributed by atoms with E-state index in [-0.39, 0.29) is 12.6 Å². The van der Waals surface area contributed by atoms with Crippen molar-refractivity contribution in [3.63, 3.8) is 0 Å². The molecule has 1 aromatic carbocycles. The molecule has 0 spiro atoms. The van der Waals surface area contributed by atoms with E-state index in [9.17, 15) is 4.39 Å². The van der Waals surface area contributed by atoms with Crippen LogP contribution in [0.25, 0.3) is 0 Å². The van der Waals surface area contributed by atoms with Crippen molar-refractivity contribution in [2.24, 2.45) is 0 Å². The molecule has 1 nitrogen and oxygen atoms in total. The molecule has 3 heteroatoms. The minimum atomic E-state index is -0.351. The van der Waals surface area contributed by atoms with Crippen LogP contribution in [0.5, 0.6) is 5.75 Å². The SMILES string of the molecule is CCCOc1cccc(C(C)CF)c1Br. The molecule has 0 fully saturated rings. The zero-order chi connectivity index (χ0) is 11.3. The number of rotatable bonds is 5. The van der Waals surface area contributed by atoms with Gasteiger partial charge >= 0.3 is 0 Å². The van der Waals surface area contributed by atoms with Crippen LogP contribution in [-0.2, 0) is 0 Å². The predicted molar refractivity (Wildman–Crippen MR) is 64.3 cm³/mol. The van der Waals surface area contributed by atoms with Crippen LogP contribution in [0.3, 0.4) is 0 Å². The lowest BCUT2D eigenvalue weighted by Crippen LogP contribution is -2.01. The Labute approximate surface area is 98.8 Å². The third-order valence-electron chi connectivity index (χ3n) is 2.22. The molecule has 0 bridgehead atoms. The molecule has 1 atom stereocenters. The summed E-state index contributed by atoms with van der Waals surface area (Å²) < 4.78 is 19.0. The van der Waals surface area contributed by atoms with Gasteiger partial charge in [0, 0.05) is 5.92 Å². The van der Waals surface area contributed by atoms with Crippen molar-refractivity contribution < 1.29 is 9.13 Å². The van der Waals surface area contributed by atoms with Gasteiger partial charge in [-0.1, -0.05) is 26.0 Å². The summed E-state index contributed by atoms with van der Waals surface area (Å²) in [5.74, 6) is 0.708. The first-order valence-electron chi connectivity index (χ1n) is 5.17. The maximum Gasteiger partial charge on any atom is 0.133 e. The quantitative estimate of drug-likeness (QED) is 0.778. The second-order valence-electron chi connectivity index (χ2n) is 3.56. The van der Waals surface area contributed by atoms with E-state index >= 15 is 0 Å². The monoisotopic (exact) mass is 274 g/mol. The second kappa shape index (κ2) is 6.11. The van der Waals surface area contributed by atoms with Gasteiger partial charge in [-0.3, -0.25) is 4.39 Å². The third-order valence-corrected chi connectivity index (χ3v) is 3.07. The fourth-order valence-electron chi connectivity index (χ4n) is 1.31. The van der Waals surface area contributed by atoms with Gasteiger partial charge < -0.3 is 4.74 Å². The van der Waals surface area contributed by atoms with Crippen molar-refractivity contribution in [3.05, 3.63) is 28.2 Å². The molecule has 0 saturated carbocycles. The summed E-state index contributed by atoms with van der Waals surface area (Å²) in [5.41, 5.74) is 0.964. The third kappa shape index (κ3) is 3.20. The molecule has 15 heavy (non-hydrogen) atoms. The van der Waals surface area contributed by atoms with Gasteiger partial charge in [-0.05, 0) is 34.0 Å². The minimum Gasteiger partial charge on any atom is -0.492 e. The molecule has 0 aliphatic carbocycles. The van der Waals surface area contributed by atoms with E-state index in [0.29, 0.717) is 6.61 Å². The van der Waals surface area contributed by atoms with Crippen molar-refractivity contribution in [2.45, 2.75) is 26.2 Å². The maximum absolute atomic E-state index is 12.6. The summed E-state index contributed by atoms with van der Waals surface area (Å²) in [6, 6.07) is 5.72. The Bertz CT molecular complexity index is 314. The highest BCUT2D eigenvalue weighted by atomic mass is 79.9. The van der Waals surface area contributed by atoms with Gasteiger partial charge in [0.2, 0.25) is 0 Å². The van der Waals surface area contributed by atoms with Crippen molar-refractivity contribution in [3.8, 4) is 5.75 Å². The fourth-order valence-corrected chi connectivity index (χ4v) is 2.08. The van der Waals surface area contributed by atoms with E-state index < -0.39 is 0 Å². The van der Waals surface area contributed by atoms with E-state index in [1.54, 1.807) is 0 Å². The number of hydrogen-bond donors (Lipinski definition) is 0. The van der Waals surface area contributed by atoms with Gasteiger partial charge in [0.05, 0.1) is 17.8 Å². The van der Waals surface area contributed by atoms with Crippen LogP contribution in [0.1, 0.15) is 31.7 Å². The van der Waals surface area contributed by atoms with E-state index in [1.807, 2.05) is 25.1 Å². The van der Waals surface area contributed by atoms with Gasteiger partial charge in [-0.25, -0.2) is 0 Å². The molecule has 0 aromatic heterocycles. The average molecular weight is 275 g/mol. The lowest BCUT2D eigenvalue weighted by molar-refractivity contribution is 0.314. The average Bonchev–Trinajstić information content (AvgIpc) is 2.27. The molecular formula is C12H16BrFO. The van der Waals surface area contributed by atoms with Crippen molar-refractivity contribution in [1.82, 2.24) is 0 Å². The summed E-state index contributed by atoms with van der Waals surface area (Å²) in [4.78, 5) is 0. The topological polar surface area (TPSA) is 9.23 Å². The molecule has 1 rings (SSSR count). The standard InChI is InChI=1S/C12H16BrFO/c1-3-7-15-11-6-4-5-10(12(11)13)9(2)8-14/h4-6,9H,3,7-8H2,1-2H3. The van der Waals surface area contributed by atoms with Gasteiger partial charge in [0.1, 0.15) is 5.75 Å². The van der Waals surface area contributed by atoms with Gasteiger partial charge in [-0.2, -0.15) is 0 Å². The smallest absolute Gasteiger partial charge is 0.133 e. The fraction of sp³-hybridized carbons (Fsp3) is 0.500. The highest BCUT2D eigenvalue weighted by Crippen LogP contribution is 2.33. The van der Waals surface area contributed by atoms with Crippen LogP contribution in [0, 0.1) is 0 Å². The van der Waals surface area contributed by atoms with Crippen molar-refractivity contribution in [1.29, 1.82) is 0 Å². The molecule has 0 saturated heterocycles. The summed E-state index contributed by atoms with van der Waals surface area (Å²) in [6.07, 6.45) is 0.968. The zero-order valence-electron chi connectivity index (χ0n) is 9.09. The van der Waals surface area contributed by atoms with Crippen LogP contribution in [-0.4, -0.2) is 13.3 Å². The first-order chi connectivity index (χ1) is 7.20. The molecule has 0 radical (unpaired) electrons. The first-order valence-corrected chi connectivity index (χ1v) is 5.97. The van der Waals surface area contributed by atoms with Gasteiger partial charge in [0.25, 0.3) is 0 Å². The van der Waals surface area contributed by atoms with E-state index in [1.165, 1.54) is 0 Å². The van der Waals surface area contributed by atoms with Crippen LogP contribution >= 0.6 is 15.9 Å². The van der Waals surface area contributed by atoms with E-state index in [0.717, 1.165) is 22.2 Å². The molecule has 0 aliphatic heterocycles.